The van der Waals surface area contributed by atoms with Crippen LogP contribution in [0.25, 0.3) is 0 Å². The van der Waals surface area contributed by atoms with Crippen LogP contribution in [0, 0.1) is 11.8 Å². The van der Waals surface area contributed by atoms with Crippen LogP contribution in [0.4, 0.5) is 0 Å². The van der Waals surface area contributed by atoms with E-state index < -0.39 is 0 Å². The minimum atomic E-state index is -0.116. The van der Waals surface area contributed by atoms with Crippen molar-refractivity contribution in [2.24, 2.45) is 11.8 Å². The van der Waals surface area contributed by atoms with Gasteiger partial charge in [-0.15, -0.1) is 0 Å². The second-order valence-corrected chi connectivity index (χ2v) is 9.92. The summed E-state index contributed by atoms with van der Waals surface area (Å²) in [6.45, 7) is 19.0. The van der Waals surface area contributed by atoms with Gasteiger partial charge in [-0.2, -0.15) is 0 Å². The number of rotatable bonds is 3. The second-order valence-electron chi connectivity index (χ2n) is 9.92. The van der Waals surface area contributed by atoms with Gasteiger partial charge in [0.1, 0.15) is 0 Å². The Hall–Kier alpha value is -0.610. The van der Waals surface area contributed by atoms with Gasteiger partial charge in [-0.1, -0.05) is 0 Å². The maximum Gasteiger partial charge on any atom is 0.223 e. The van der Waals surface area contributed by atoms with Crippen molar-refractivity contribution in [2.45, 2.75) is 78.3 Å². The first-order valence-electron chi connectivity index (χ1n) is 9.84. The molecule has 4 nitrogen and oxygen atoms in total. The molecule has 0 aromatic heterocycles. The maximum absolute atomic E-state index is 12.3. The molecule has 2 saturated heterocycles. The predicted octanol–water partition coefficient (Wildman–Crippen LogP) is 3.12. The molecule has 0 aromatic rings. The van der Waals surface area contributed by atoms with Crippen molar-refractivity contribution >= 4 is 5.91 Å². The molecular weight excluding hydrogens is 298 g/mol. The average molecular weight is 338 g/mol. The summed E-state index contributed by atoms with van der Waals surface area (Å²) >= 11 is 0. The van der Waals surface area contributed by atoms with E-state index in [4.69, 9.17) is 0 Å². The van der Waals surface area contributed by atoms with Crippen LogP contribution in [-0.2, 0) is 4.79 Å². The topological polar surface area (TPSA) is 35.6 Å². The molecule has 0 atom stereocenters. The van der Waals surface area contributed by atoms with Crippen molar-refractivity contribution < 1.29 is 4.79 Å². The molecule has 2 heterocycles. The van der Waals surface area contributed by atoms with Gasteiger partial charge in [0.15, 0.2) is 0 Å². The number of hydrogen-bond donors (Lipinski definition) is 1. The number of hydrogen-bond acceptors (Lipinski definition) is 3. The van der Waals surface area contributed by atoms with Crippen molar-refractivity contribution in [1.82, 2.24) is 15.1 Å². The minimum absolute atomic E-state index is 0.116. The fourth-order valence-corrected chi connectivity index (χ4v) is 4.00. The van der Waals surface area contributed by atoms with Gasteiger partial charge in [0.25, 0.3) is 0 Å². The first kappa shape index (κ1) is 19.7. The lowest BCUT2D eigenvalue weighted by Crippen LogP contribution is -2.49. The fraction of sp³-hybridized carbons (Fsp3) is 0.950. The Kier molecular flexibility index (Phi) is 6.35. The maximum atomic E-state index is 12.3. The molecule has 2 fully saturated rings. The summed E-state index contributed by atoms with van der Waals surface area (Å²) in [4.78, 5) is 17.5. The molecule has 4 heteroatoms. The number of nitrogens with zero attached hydrogens (tertiary/aromatic N) is 2. The van der Waals surface area contributed by atoms with Crippen molar-refractivity contribution in [3.63, 3.8) is 0 Å². The van der Waals surface area contributed by atoms with E-state index in [1.54, 1.807) is 0 Å². The van der Waals surface area contributed by atoms with Crippen LogP contribution in [0.2, 0.25) is 0 Å². The third kappa shape index (κ3) is 6.03. The van der Waals surface area contributed by atoms with E-state index in [-0.39, 0.29) is 17.4 Å². The third-order valence-corrected chi connectivity index (χ3v) is 5.54. The molecule has 0 radical (unpaired) electrons. The lowest BCUT2D eigenvalue weighted by Gasteiger charge is -2.42. The molecule has 0 aromatic carbocycles. The quantitative estimate of drug-likeness (QED) is 0.859. The molecule has 0 aliphatic carbocycles. The second kappa shape index (κ2) is 7.74. The van der Waals surface area contributed by atoms with Crippen LogP contribution >= 0.6 is 0 Å². The first-order valence-corrected chi connectivity index (χ1v) is 9.84. The zero-order chi connectivity index (χ0) is 18.0. The zero-order valence-electron chi connectivity index (χ0n) is 16.8. The Balaban J connectivity index is 1.70. The number of piperidine rings is 2. The number of carbonyl (C=O) groups excluding carboxylic acids is 1. The van der Waals surface area contributed by atoms with Crippen molar-refractivity contribution in [2.75, 3.05) is 32.7 Å². The molecule has 0 unspecified atom stereocenters. The van der Waals surface area contributed by atoms with Gasteiger partial charge >= 0.3 is 0 Å². The summed E-state index contributed by atoms with van der Waals surface area (Å²) in [5.74, 6) is 1.30. The molecule has 140 valence electrons. The molecule has 2 aliphatic heterocycles. The highest BCUT2D eigenvalue weighted by Gasteiger charge is 2.30. The van der Waals surface area contributed by atoms with Gasteiger partial charge in [-0.05, 0) is 99.3 Å². The fourth-order valence-electron chi connectivity index (χ4n) is 4.00. The molecular formula is C20H39N3O. The van der Waals surface area contributed by atoms with Gasteiger partial charge in [-0.25, -0.2) is 0 Å². The summed E-state index contributed by atoms with van der Waals surface area (Å²) in [6.07, 6.45) is 4.68. The average Bonchev–Trinajstić information content (AvgIpc) is 2.46. The molecule has 2 aliphatic rings. The Morgan fingerprint density at radius 3 is 1.92 bits per heavy atom. The summed E-state index contributed by atoms with van der Waals surface area (Å²) in [5.41, 5.74) is 0.193. The summed E-state index contributed by atoms with van der Waals surface area (Å²) in [5, 5.41) is 3.14. The highest BCUT2D eigenvalue weighted by molar-refractivity contribution is 5.79. The number of carbonyl (C=O) groups is 1. The van der Waals surface area contributed by atoms with Gasteiger partial charge in [0, 0.05) is 23.5 Å². The van der Waals surface area contributed by atoms with Crippen molar-refractivity contribution in [3.05, 3.63) is 0 Å². The van der Waals surface area contributed by atoms with Crippen molar-refractivity contribution in [1.29, 1.82) is 0 Å². The van der Waals surface area contributed by atoms with Gasteiger partial charge in [0.2, 0.25) is 5.91 Å². The van der Waals surface area contributed by atoms with Crippen LogP contribution in [-0.4, -0.2) is 59.5 Å². The van der Waals surface area contributed by atoms with E-state index in [0.29, 0.717) is 5.54 Å². The van der Waals surface area contributed by atoms with E-state index >= 15 is 0 Å². The molecule has 2 rings (SSSR count). The predicted molar refractivity (Wildman–Crippen MR) is 101 cm³/mol. The lowest BCUT2D eigenvalue weighted by atomic mass is 9.90. The highest BCUT2D eigenvalue weighted by Crippen LogP contribution is 2.26. The third-order valence-electron chi connectivity index (χ3n) is 5.54. The van der Waals surface area contributed by atoms with Gasteiger partial charge in [0.05, 0.1) is 0 Å². The molecule has 1 N–H and O–H groups in total. The van der Waals surface area contributed by atoms with E-state index in [1.807, 2.05) is 0 Å². The Bertz CT molecular complexity index is 406. The van der Waals surface area contributed by atoms with Crippen LogP contribution in [0.15, 0.2) is 0 Å². The smallest absolute Gasteiger partial charge is 0.223 e. The Morgan fingerprint density at radius 2 is 1.46 bits per heavy atom. The molecule has 24 heavy (non-hydrogen) atoms. The van der Waals surface area contributed by atoms with Gasteiger partial charge < -0.3 is 10.2 Å². The van der Waals surface area contributed by atoms with Crippen LogP contribution in [0.1, 0.15) is 67.2 Å². The van der Waals surface area contributed by atoms with Crippen LogP contribution in [0.3, 0.4) is 0 Å². The monoisotopic (exact) mass is 337 g/mol. The standard InChI is InChI=1S/C20H39N3O/c1-19(2,3)21-18(24)17-9-11-22(12-10-17)15-16-7-13-23(14-8-16)20(4,5)6/h16-17H,7-15H2,1-6H3,(H,21,24). The largest absolute Gasteiger partial charge is 0.351 e. The van der Waals surface area contributed by atoms with Gasteiger partial charge in [-0.3, -0.25) is 9.69 Å². The lowest BCUT2D eigenvalue weighted by molar-refractivity contribution is -0.128. The molecule has 0 bridgehead atoms. The summed E-state index contributed by atoms with van der Waals surface area (Å²) in [7, 11) is 0. The van der Waals surface area contributed by atoms with E-state index in [2.05, 4.69) is 56.7 Å². The highest BCUT2D eigenvalue weighted by atomic mass is 16.2. The molecule has 0 spiro atoms. The Labute approximate surface area is 149 Å². The normalized spacial score (nSPS) is 23.4. The zero-order valence-corrected chi connectivity index (χ0v) is 16.8. The molecule has 0 saturated carbocycles. The SMILES string of the molecule is CC(C)(C)NC(=O)C1CCN(CC2CCN(C(C)(C)C)CC2)CC1. The van der Waals surface area contributed by atoms with E-state index in [1.165, 1.54) is 32.5 Å². The number of amides is 1. The summed E-state index contributed by atoms with van der Waals surface area (Å²) in [6, 6.07) is 0. The van der Waals surface area contributed by atoms with Crippen LogP contribution < -0.4 is 5.32 Å². The number of nitrogens with one attached hydrogen (secondary N) is 1. The summed E-state index contributed by atoms with van der Waals surface area (Å²) < 4.78 is 0. The number of likely N-dealkylation sites (tertiary alicyclic amines) is 2. The van der Waals surface area contributed by atoms with Crippen molar-refractivity contribution in [3.8, 4) is 0 Å². The Morgan fingerprint density at radius 1 is 0.917 bits per heavy atom. The van der Waals surface area contributed by atoms with E-state index in [9.17, 15) is 4.79 Å². The van der Waals surface area contributed by atoms with Crippen LogP contribution in [0.5, 0.6) is 0 Å². The minimum Gasteiger partial charge on any atom is -0.351 e. The molecule has 1 amide bonds. The first-order chi connectivity index (χ1) is 11.0. The van der Waals surface area contributed by atoms with E-state index in [0.717, 1.165) is 31.8 Å².